The second-order valence-corrected chi connectivity index (χ2v) is 6.73. The number of thiophene rings is 1. The third-order valence-corrected chi connectivity index (χ3v) is 4.90. The summed E-state index contributed by atoms with van der Waals surface area (Å²) in [5.74, 6) is 1.57. The van der Waals surface area contributed by atoms with E-state index in [0.29, 0.717) is 17.2 Å². The number of hydrogen-bond donors (Lipinski definition) is 0. The maximum Gasteiger partial charge on any atom is 0.316 e. The normalized spacial score (nSPS) is 10.6. The molecule has 0 saturated carbocycles. The van der Waals surface area contributed by atoms with E-state index in [0.717, 1.165) is 10.6 Å². The van der Waals surface area contributed by atoms with Crippen LogP contribution in [0, 0.1) is 0 Å². The van der Waals surface area contributed by atoms with Gasteiger partial charge in [-0.05, 0) is 17.0 Å². The van der Waals surface area contributed by atoms with Crippen molar-refractivity contribution in [3.63, 3.8) is 0 Å². The Balaban J connectivity index is 1.41. The zero-order chi connectivity index (χ0) is 15.9. The van der Waals surface area contributed by atoms with E-state index >= 15 is 0 Å². The van der Waals surface area contributed by atoms with Gasteiger partial charge in [-0.3, -0.25) is 4.79 Å². The fourth-order valence-electron chi connectivity index (χ4n) is 1.94. The molecule has 0 spiro atoms. The van der Waals surface area contributed by atoms with Gasteiger partial charge in [0.15, 0.2) is 5.76 Å². The molecule has 0 aliphatic heterocycles. The molecule has 0 N–H and O–H groups in total. The van der Waals surface area contributed by atoms with Gasteiger partial charge in [-0.2, -0.15) is 0 Å². The van der Waals surface area contributed by atoms with E-state index in [1.54, 1.807) is 17.4 Å². The number of benzene rings is 1. The van der Waals surface area contributed by atoms with Crippen molar-refractivity contribution in [2.45, 2.75) is 12.4 Å². The Labute approximate surface area is 142 Å². The third-order valence-electron chi connectivity index (χ3n) is 3.04. The molecule has 2 aromatic heterocycles. The van der Waals surface area contributed by atoms with Crippen molar-refractivity contribution in [2.24, 2.45) is 0 Å². The maximum absolute atomic E-state index is 11.7. The van der Waals surface area contributed by atoms with Gasteiger partial charge >= 0.3 is 5.97 Å². The lowest BCUT2D eigenvalue weighted by molar-refractivity contribution is -0.141. The molecule has 0 aliphatic carbocycles. The number of rotatable bonds is 7. The van der Waals surface area contributed by atoms with Crippen LogP contribution in [-0.2, 0) is 21.9 Å². The average Bonchev–Trinajstić information content (AvgIpc) is 3.25. The largest absolute Gasteiger partial charge is 0.458 e. The highest BCUT2D eigenvalue weighted by Gasteiger charge is 2.10. The summed E-state index contributed by atoms with van der Waals surface area (Å²) in [5, 5.41) is 5.89. The van der Waals surface area contributed by atoms with E-state index in [1.807, 2.05) is 47.8 Å². The molecule has 4 nitrogen and oxygen atoms in total. The Morgan fingerprint density at radius 2 is 2.09 bits per heavy atom. The molecule has 118 valence electrons. The molecule has 0 aliphatic rings. The van der Waals surface area contributed by atoms with Gasteiger partial charge in [-0.15, -0.1) is 23.1 Å². The SMILES string of the molecule is O=C(CSCc1ccccc1)OCc1cc(-c2cccs2)on1. The van der Waals surface area contributed by atoms with E-state index in [1.165, 1.54) is 17.3 Å². The Hall–Kier alpha value is -2.05. The third kappa shape index (κ3) is 4.71. The first-order chi connectivity index (χ1) is 11.3. The van der Waals surface area contributed by atoms with E-state index in [-0.39, 0.29) is 12.6 Å². The minimum Gasteiger partial charge on any atom is -0.458 e. The first kappa shape index (κ1) is 15.8. The summed E-state index contributed by atoms with van der Waals surface area (Å²) in [7, 11) is 0. The van der Waals surface area contributed by atoms with E-state index in [9.17, 15) is 4.79 Å². The van der Waals surface area contributed by atoms with Gasteiger partial charge in [-0.1, -0.05) is 41.6 Å². The van der Waals surface area contributed by atoms with Crippen LogP contribution in [0.25, 0.3) is 10.6 Å². The van der Waals surface area contributed by atoms with Gasteiger partial charge in [0.25, 0.3) is 0 Å². The number of thioether (sulfide) groups is 1. The van der Waals surface area contributed by atoms with Crippen molar-refractivity contribution in [1.29, 1.82) is 0 Å². The minimum atomic E-state index is -0.244. The average molecular weight is 345 g/mol. The van der Waals surface area contributed by atoms with Gasteiger partial charge < -0.3 is 9.26 Å². The van der Waals surface area contributed by atoms with Crippen molar-refractivity contribution in [3.05, 3.63) is 65.2 Å². The van der Waals surface area contributed by atoms with Crippen molar-refractivity contribution < 1.29 is 14.1 Å². The second kappa shape index (κ2) is 7.99. The highest BCUT2D eigenvalue weighted by atomic mass is 32.2. The van der Waals surface area contributed by atoms with Crippen molar-refractivity contribution in [1.82, 2.24) is 5.16 Å². The van der Waals surface area contributed by atoms with Crippen LogP contribution in [0.4, 0.5) is 0 Å². The van der Waals surface area contributed by atoms with E-state index < -0.39 is 0 Å². The zero-order valence-corrected chi connectivity index (χ0v) is 13.9. The summed E-state index contributed by atoms with van der Waals surface area (Å²) in [6, 6.07) is 15.8. The van der Waals surface area contributed by atoms with Gasteiger partial charge in [0.2, 0.25) is 0 Å². The van der Waals surface area contributed by atoms with Crippen molar-refractivity contribution in [2.75, 3.05) is 5.75 Å². The summed E-state index contributed by atoms with van der Waals surface area (Å²) in [5.41, 5.74) is 1.82. The summed E-state index contributed by atoms with van der Waals surface area (Å²) >= 11 is 3.11. The first-order valence-electron chi connectivity index (χ1n) is 7.08. The monoisotopic (exact) mass is 345 g/mol. The fraction of sp³-hybridized carbons (Fsp3) is 0.176. The number of carbonyl (C=O) groups excluding carboxylic acids is 1. The summed E-state index contributed by atoms with van der Waals surface area (Å²) in [6.45, 7) is 0.138. The topological polar surface area (TPSA) is 52.3 Å². The molecule has 6 heteroatoms. The molecular weight excluding hydrogens is 330 g/mol. The number of hydrogen-bond acceptors (Lipinski definition) is 6. The predicted octanol–water partition coefficient (Wildman–Crippen LogP) is 4.38. The molecule has 0 amide bonds. The van der Waals surface area contributed by atoms with Crippen LogP contribution in [-0.4, -0.2) is 16.9 Å². The molecule has 2 heterocycles. The van der Waals surface area contributed by atoms with Crippen LogP contribution < -0.4 is 0 Å². The molecule has 0 unspecified atom stereocenters. The Morgan fingerprint density at radius 1 is 1.22 bits per heavy atom. The number of carbonyl (C=O) groups is 1. The Kier molecular flexibility index (Phi) is 5.50. The summed E-state index contributed by atoms with van der Waals surface area (Å²) in [4.78, 5) is 12.8. The maximum atomic E-state index is 11.7. The van der Waals surface area contributed by atoms with Gasteiger partial charge in [0, 0.05) is 11.8 Å². The predicted molar refractivity (Wildman–Crippen MR) is 92.2 cm³/mol. The molecule has 23 heavy (non-hydrogen) atoms. The van der Waals surface area contributed by atoms with E-state index in [4.69, 9.17) is 9.26 Å². The van der Waals surface area contributed by atoms with Crippen LogP contribution in [0.15, 0.2) is 58.4 Å². The standard InChI is InChI=1S/C17H15NO3S2/c19-17(12-22-11-13-5-2-1-3-6-13)20-10-14-9-15(21-18-14)16-7-4-8-23-16/h1-9H,10-12H2. The number of nitrogens with zero attached hydrogens (tertiary/aromatic N) is 1. The lowest BCUT2D eigenvalue weighted by Gasteiger charge is -2.03. The highest BCUT2D eigenvalue weighted by Crippen LogP contribution is 2.25. The van der Waals surface area contributed by atoms with Gasteiger partial charge in [0.05, 0.1) is 10.6 Å². The molecule has 3 rings (SSSR count). The molecular formula is C17H15NO3S2. The number of ether oxygens (including phenoxy) is 1. The lowest BCUT2D eigenvalue weighted by atomic mass is 10.2. The fourth-order valence-corrected chi connectivity index (χ4v) is 3.39. The first-order valence-corrected chi connectivity index (χ1v) is 9.11. The molecule has 1 aromatic carbocycles. The molecule has 0 bridgehead atoms. The second-order valence-electron chi connectivity index (χ2n) is 4.80. The zero-order valence-electron chi connectivity index (χ0n) is 12.3. The minimum absolute atomic E-state index is 0.138. The molecule has 0 radical (unpaired) electrons. The van der Waals surface area contributed by atoms with Crippen LogP contribution >= 0.6 is 23.1 Å². The van der Waals surface area contributed by atoms with Crippen LogP contribution in [0.3, 0.4) is 0 Å². The van der Waals surface area contributed by atoms with Crippen molar-refractivity contribution >= 4 is 29.1 Å². The van der Waals surface area contributed by atoms with Crippen molar-refractivity contribution in [3.8, 4) is 10.6 Å². The Bertz CT molecular complexity index is 738. The molecule has 3 aromatic rings. The molecule has 0 fully saturated rings. The lowest BCUT2D eigenvalue weighted by Crippen LogP contribution is -2.07. The van der Waals surface area contributed by atoms with Gasteiger partial charge in [0.1, 0.15) is 12.3 Å². The van der Waals surface area contributed by atoms with Gasteiger partial charge in [-0.25, -0.2) is 0 Å². The summed E-state index contributed by atoms with van der Waals surface area (Å²) in [6.07, 6.45) is 0. The molecule has 0 saturated heterocycles. The number of aromatic nitrogens is 1. The van der Waals surface area contributed by atoms with Crippen LogP contribution in [0.2, 0.25) is 0 Å². The van der Waals surface area contributed by atoms with E-state index in [2.05, 4.69) is 5.16 Å². The quantitative estimate of drug-likeness (QED) is 0.595. The summed E-state index contributed by atoms with van der Waals surface area (Å²) < 4.78 is 10.5. The van der Waals surface area contributed by atoms with Crippen LogP contribution in [0.1, 0.15) is 11.3 Å². The highest BCUT2D eigenvalue weighted by molar-refractivity contribution is 7.99. The number of esters is 1. The molecule has 0 atom stereocenters. The smallest absolute Gasteiger partial charge is 0.316 e. The van der Waals surface area contributed by atoms with Crippen LogP contribution in [0.5, 0.6) is 0 Å². The Morgan fingerprint density at radius 3 is 2.87 bits per heavy atom.